The molecule has 2 aromatic rings. The van der Waals surface area contributed by atoms with Crippen LogP contribution in [-0.2, 0) is 16.6 Å². The Morgan fingerprint density at radius 1 is 1.06 bits per heavy atom. The van der Waals surface area contributed by atoms with Crippen molar-refractivity contribution in [3.05, 3.63) is 59.9 Å². The Morgan fingerprint density at radius 3 is 2.32 bits per heavy atom. The van der Waals surface area contributed by atoms with Crippen molar-refractivity contribution >= 4 is 51.3 Å². The molecule has 0 aliphatic carbocycles. The first-order valence-corrected chi connectivity index (χ1v) is 11.8. The van der Waals surface area contributed by atoms with E-state index in [0.29, 0.717) is 12.2 Å². The van der Waals surface area contributed by atoms with Gasteiger partial charge in [0, 0.05) is 38.4 Å². The van der Waals surface area contributed by atoms with E-state index in [9.17, 15) is 12.8 Å². The lowest BCUT2D eigenvalue weighted by molar-refractivity contribution is 0.372. The SMILES string of the molecule is CCNC(=NCc1ccccc1NS(C)(=O)=O)N1CCN(c2ccc(F)cc2)CC1.I. The molecule has 0 amide bonds. The first-order valence-electron chi connectivity index (χ1n) is 9.95. The standard InChI is InChI=1S/C21H28FN5O2S.HI/c1-3-23-21(24-16-17-6-4-5-7-20(17)25-30(2,28)29)27-14-12-26(13-15-27)19-10-8-18(22)9-11-19;/h4-11,25H,3,12-16H2,1-2H3,(H,23,24);1H. The molecular formula is C21H29FIN5O2S. The number of halogens is 2. The second-order valence-electron chi connectivity index (χ2n) is 7.15. The average Bonchev–Trinajstić information content (AvgIpc) is 2.72. The van der Waals surface area contributed by atoms with Crippen molar-refractivity contribution < 1.29 is 12.8 Å². The van der Waals surface area contributed by atoms with Crippen molar-refractivity contribution in [1.82, 2.24) is 10.2 Å². The highest BCUT2D eigenvalue weighted by molar-refractivity contribution is 14.0. The Hall–Kier alpha value is -2.08. The van der Waals surface area contributed by atoms with Gasteiger partial charge in [0.25, 0.3) is 0 Å². The number of piperazine rings is 1. The topological polar surface area (TPSA) is 77.0 Å². The summed E-state index contributed by atoms with van der Waals surface area (Å²) in [5.74, 6) is 0.565. The predicted octanol–water partition coefficient (Wildman–Crippen LogP) is 3.10. The number of sulfonamides is 1. The van der Waals surface area contributed by atoms with Gasteiger partial charge in [-0.05, 0) is 42.8 Å². The maximum absolute atomic E-state index is 13.2. The zero-order valence-electron chi connectivity index (χ0n) is 17.7. The molecule has 0 unspecified atom stereocenters. The monoisotopic (exact) mass is 561 g/mol. The van der Waals surface area contributed by atoms with Crippen molar-refractivity contribution in [2.24, 2.45) is 4.99 Å². The van der Waals surface area contributed by atoms with Gasteiger partial charge >= 0.3 is 0 Å². The molecule has 170 valence electrons. The molecule has 0 radical (unpaired) electrons. The van der Waals surface area contributed by atoms with Crippen LogP contribution < -0.4 is 14.9 Å². The van der Waals surface area contributed by atoms with Gasteiger partial charge in [0.1, 0.15) is 5.82 Å². The normalized spacial score (nSPS) is 14.7. The van der Waals surface area contributed by atoms with Gasteiger partial charge < -0.3 is 15.1 Å². The van der Waals surface area contributed by atoms with Crippen LogP contribution in [0.5, 0.6) is 0 Å². The molecule has 7 nitrogen and oxygen atoms in total. The van der Waals surface area contributed by atoms with Gasteiger partial charge in [-0.3, -0.25) is 4.72 Å². The van der Waals surface area contributed by atoms with E-state index >= 15 is 0 Å². The lowest BCUT2D eigenvalue weighted by atomic mass is 10.2. The quantitative estimate of drug-likeness (QED) is 0.322. The Labute approximate surface area is 200 Å². The molecule has 1 fully saturated rings. The van der Waals surface area contributed by atoms with E-state index in [-0.39, 0.29) is 29.8 Å². The number of hydrogen-bond acceptors (Lipinski definition) is 4. The molecule has 1 aliphatic heterocycles. The minimum atomic E-state index is -3.36. The third kappa shape index (κ3) is 7.53. The van der Waals surface area contributed by atoms with E-state index in [1.54, 1.807) is 24.3 Å². The highest BCUT2D eigenvalue weighted by atomic mass is 127. The second kappa shape index (κ2) is 11.5. The molecule has 0 atom stereocenters. The van der Waals surface area contributed by atoms with Gasteiger partial charge in [0.2, 0.25) is 10.0 Å². The second-order valence-corrected chi connectivity index (χ2v) is 8.90. The van der Waals surface area contributed by atoms with Crippen molar-refractivity contribution in [2.75, 3.05) is 48.6 Å². The van der Waals surface area contributed by atoms with Crippen LogP contribution in [0.1, 0.15) is 12.5 Å². The zero-order chi connectivity index (χ0) is 21.6. The molecular weight excluding hydrogens is 532 g/mol. The van der Waals surface area contributed by atoms with Crippen molar-refractivity contribution in [2.45, 2.75) is 13.5 Å². The number of hydrogen-bond donors (Lipinski definition) is 2. The molecule has 1 saturated heterocycles. The van der Waals surface area contributed by atoms with Crippen LogP contribution in [-0.4, -0.2) is 58.3 Å². The number of guanidine groups is 1. The predicted molar refractivity (Wildman–Crippen MR) is 135 cm³/mol. The number of anilines is 2. The van der Waals surface area contributed by atoms with Crippen LogP contribution in [0.2, 0.25) is 0 Å². The van der Waals surface area contributed by atoms with Crippen molar-refractivity contribution in [1.29, 1.82) is 0 Å². The fourth-order valence-electron chi connectivity index (χ4n) is 3.37. The van der Waals surface area contributed by atoms with Crippen molar-refractivity contribution in [3.8, 4) is 0 Å². The Kier molecular flexibility index (Phi) is 9.35. The summed E-state index contributed by atoms with van der Waals surface area (Å²) in [7, 11) is -3.36. The van der Waals surface area contributed by atoms with E-state index in [0.717, 1.165) is 56.2 Å². The van der Waals surface area contributed by atoms with E-state index < -0.39 is 10.0 Å². The summed E-state index contributed by atoms with van der Waals surface area (Å²) in [6.07, 6.45) is 1.14. The van der Waals surface area contributed by atoms with Crippen LogP contribution >= 0.6 is 24.0 Å². The first-order chi connectivity index (χ1) is 14.4. The molecule has 3 rings (SSSR count). The van der Waals surface area contributed by atoms with Crippen LogP contribution in [0.15, 0.2) is 53.5 Å². The van der Waals surface area contributed by atoms with Crippen LogP contribution in [0.25, 0.3) is 0 Å². The zero-order valence-corrected chi connectivity index (χ0v) is 20.9. The van der Waals surface area contributed by atoms with Gasteiger partial charge in [-0.15, -0.1) is 24.0 Å². The van der Waals surface area contributed by atoms with Gasteiger partial charge in [-0.2, -0.15) is 0 Å². The minimum absolute atomic E-state index is 0. The molecule has 1 heterocycles. The van der Waals surface area contributed by atoms with Gasteiger partial charge in [-0.1, -0.05) is 18.2 Å². The van der Waals surface area contributed by atoms with Crippen molar-refractivity contribution in [3.63, 3.8) is 0 Å². The number of aliphatic imine (C=N–C) groups is 1. The fraction of sp³-hybridized carbons (Fsp3) is 0.381. The largest absolute Gasteiger partial charge is 0.368 e. The first kappa shape index (κ1) is 25.2. The van der Waals surface area contributed by atoms with E-state index in [2.05, 4.69) is 19.8 Å². The molecule has 2 aromatic carbocycles. The summed E-state index contributed by atoms with van der Waals surface area (Å²) >= 11 is 0. The molecule has 2 N–H and O–H groups in total. The third-order valence-electron chi connectivity index (χ3n) is 4.82. The van der Waals surface area contributed by atoms with E-state index in [4.69, 9.17) is 4.99 Å². The number of nitrogens with zero attached hydrogens (tertiary/aromatic N) is 3. The number of benzene rings is 2. The smallest absolute Gasteiger partial charge is 0.229 e. The molecule has 0 saturated carbocycles. The van der Waals surface area contributed by atoms with E-state index in [1.165, 1.54) is 12.1 Å². The summed E-state index contributed by atoms with van der Waals surface area (Å²) in [5, 5.41) is 3.32. The lowest BCUT2D eigenvalue weighted by Gasteiger charge is -2.37. The maximum Gasteiger partial charge on any atom is 0.229 e. The molecule has 0 spiro atoms. The molecule has 31 heavy (non-hydrogen) atoms. The van der Waals surface area contributed by atoms with E-state index in [1.807, 2.05) is 19.1 Å². The summed E-state index contributed by atoms with van der Waals surface area (Å²) in [4.78, 5) is 9.15. The van der Waals surface area contributed by atoms with Gasteiger partial charge in [0.05, 0.1) is 18.5 Å². The maximum atomic E-state index is 13.2. The van der Waals surface area contributed by atoms with Crippen LogP contribution in [0.3, 0.4) is 0 Å². The molecule has 0 aromatic heterocycles. The average molecular weight is 561 g/mol. The Bertz CT molecular complexity index is 978. The van der Waals surface area contributed by atoms with Crippen LogP contribution in [0, 0.1) is 5.82 Å². The number of para-hydroxylation sites is 1. The minimum Gasteiger partial charge on any atom is -0.368 e. The third-order valence-corrected chi connectivity index (χ3v) is 5.41. The summed E-state index contributed by atoms with van der Waals surface area (Å²) < 4.78 is 38.9. The highest BCUT2D eigenvalue weighted by Gasteiger charge is 2.20. The van der Waals surface area contributed by atoms with Gasteiger partial charge in [-0.25, -0.2) is 17.8 Å². The van der Waals surface area contributed by atoms with Gasteiger partial charge in [0.15, 0.2) is 5.96 Å². The lowest BCUT2D eigenvalue weighted by Crippen LogP contribution is -2.52. The summed E-state index contributed by atoms with van der Waals surface area (Å²) in [5.41, 5.74) is 2.36. The number of nitrogens with one attached hydrogen (secondary N) is 2. The molecule has 0 bridgehead atoms. The fourth-order valence-corrected chi connectivity index (χ4v) is 3.97. The van der Waals surface area contributed by atoms with Crippen LogP contribution in [0.4, 0.5) is 15.8 Å². The number of rotatable bonds is 6. The molecule has 10 heteroatoms. The summed E-state index contributed by atoms with van der Waals surface area (Å²) in [6, 6.07) is 13.8. The molecule has 1 aliphatic rings. The highest BCUT2D eigenvalue weighted by Crippen LogP contribution is 2.19. The Morgan fingerprint density at radius 2 is 1.71 bits per heavy atom. The summed E-state index contributed by atoms with van der Waals surface area (Å²) in [6.45, 7) is 6.30. The Balaban J connectivity index is 0.00000341.